The van der Waals surface area contributed by atoms with Gasteiger partial charge in [-0.1, -0.05) is 28.9 Å². The summed E-state index contributed by atoms with van der Waals surface area (Å²) in [4.78, 5) is 15.7. The molecule has 0 unspecified atom stereocenters. The van der Waals surface area contributed by atoms with Gasteiger partial charge >= 0.3 is 11.9 Å². The van der Waals surface area contributed by atoms with Crippen LogP contribution in [-0.4, -0.2) is 27.8 Å². The van der Waals surface area contributed by atoms with Crippen LogP contribution in [0, 0.1) is 0 Å². The van der Waals surface area contributed by atoms with Crippen molar-refractivity contribution >= 4 is 17.6 Å². The van der Waals surface area contributed by atoms with E-state index >= 15 is 0 Å². The largest absolute Gasteiger partial charge is 0.504 e. The third kappa shape index (κ3) is 3.72. The van der Waals surface area contributed by atoms with Gasteiger partial charge in [-0.15, -0.1) is 0 Å². The molecule has 128 valence electrons. The lowest BCUT2D eigenvalue weighted by Crippen LogP contribution is -2.04. The van der Waals surface area contributed by atoms with E-state index < -0.39 is 5.97 Å². The number of esters is 1. The lowest BCUT2D eigenvalue weighted by molar-refractivity contribution is 0.0470. The minimum atomic E-state index is -0.699. The summed E-state index contributed by atoms with van der Waals surface area (Å²) in [7, 11) is 0. The Balaban J connectivity index is 1.92. The predicted molar refractivity (Wildman–Crippen MR) is 88.9 cm³/mol. The number of halogens is 1. The number of ether oxygens (including phenoxy) is 2. The van der Waals surface area contributed by atoms with Crippen LogP contribution in [0.3, 0.4) is 0 Å². The van der Waals surface area contributed by atoms with Gasteiger partial charge in [0.25, 0.3) is 0 Å². The summed E-state index contributed by atoms with van der Waals surface area (Å²) in [6.45, 7) is 1.88. The number of carbonyl (C=O) groups excluding carboxylic acids is 1. The van der Waals surface area contributed by atoms with Crippen molar-refractivity contribution in [1.29, 1.82) is 0 Å². The van der Waals surface area contributed by atoms with Gasteiger partial charge in [0.05, 0.1) is 12.2 Å². The zero-order valence-corrected chi connectivity index (χ0v) is 13.9. The van der Waals surface area contributed by atoms with Crippen LogP contribution in [0.2, 0.25) is 5.02 Å². The standard InChI is InChI=1S/C17H13ClN2O5/c1-2-23-17(22)16-19-15(20-25-16)11-5-3-4-6-13(11)24-14-8-7-10(18)9-12(14)21/h3-9,21H,2H2,1H3. The molecule has 0 bridgehead atoms. The summed E-state index contributed by atoms with van der Waals surface area (Å²) in [5, 5.41) is 14.1. The van der Waals surface area contributed by atoms with Crippen molar-refractivity contribution in [1.82, 2.24) is 10.1 Å². The second kappa shape index (κ2) is 7.23. The maximum Gasteiger partial charge on any atom is 0.397 e. The topological polar surface area (TPSA) is 94.7 Å². The zero-order chi connectivity index (χ0) is 17.8. The van der Waals surface area contributed by atoms with E-state index in [2.05, 4.69) is 10.1 Å². The molecule has 0 spiro atoms. The summed E-state index contributed by atoms with van der Waals surface area (Å²) in [6.07, 6.45) is 0. The Morgan fingerprint density at radius 2 is 2.04 bits per heavy atom. The maximum absolute atomic E-state index is 11.6. The number of benzene rings is 2. The predicted octanol–water partition coefficient (Wildman–Crippen LogP) is 4.06. The molecule has 1 heterocycles. The Hall–Kier alpha value is -3.06. The highest BCUT2D eigenvalue weighted by Gasteiger charge is 2.19. The summed E-state index contributed by atoms with van der Waals surface area (Å²) in [6, 6.07) is 11.4. The summed E-state index contributed by atoms with van der Waals surface area (Å²) >= 11 is 5.81. The Labute approximate surface area is 147 Å². The molecule has 8 heteroatoms. The van der Waals surface area contributed by atoms with Gasteiger partial charge in [0.15, 0.2) is 11.5 Å². The van der Waals surface area contributed by atoms with E-state index in [9.17, 15) is 9.90 Å². The lowest BCUT2D eigenvalue weighted by Gasteiger charge is -2.10. The molecule has 7 nitrogen and oxygen atoms in total. The number of carbonyl (C=O) groups is 1. The van der Waals surface area contributed by atoms with E-state index in [0.717, 1.165) is 0 Å². The van der Waals surface area contributed by atoms with Gasteiger partial charge in [-0.3, -0.25) is 0 Å². The molecule has 1 aromatic heterocycles. The van der Waals surface area contributed by atoms with Gasteiger partial charge in [0.1, 0.15) is 5.75 Å². The van der Waals surface area contributed by atoms with E-state index in [-0.39, 0.29) is 29.8 Å². The Morgan fingerprint density at radius 1 is 1.24 bits per heavy atom. The number of phenols is 1. The fourth-order valence-corrected chi connectivity index (χ4v) is 2.21. The molecule has 0 atom stereocenters. The summed E-state index contributed by atoms with van der Waals surface area (Å²) < 4.78 is 15.5. The van der Waals surface area contributed by atoms with Crippen LogP contribution < -0.4 is 4.74 Å². The first-order valence-corrected chi connectivity index (χ1v) is 7.73. The number of rotatable bonds is 5. The minimum absolute atomic E-state index is 0.109. The highest BCUT2D eigenvalue weighted by molar-refractivity contribution is 6.30. The van der Waals surface area contributed by atoms with Crippen molar-refractivity contribution in [2.75, 3.05) is 6.61 Å². The molecule has 0 aliphatic heterocycles. The fourth-order valence-electron chi connectivity index (χ4n) is 2.04. The first kappa shape index (κ1) is 16.8. The van der Waals surface area contributed by atoms with Crippen LogP contribution in [0.4, 0.5) is 0 Å². The Kier molecular flexibility index (Phi) is 4.85. The highest BCUT2D eigenvalue weighted by Crippen LogP contribution is 2.36. The zero-order valence-electron chi connectivity index (χ0n) is 13.1. The molecule has 0 fully saturated rings. The molecule has 25 heavy (non-hydrogen) atoms. The molecular weight excluding hydrogens is 348 g/mol. The first-order valence-electron chi connectivity index (χ1n) is 7.35. The molecule has 0 aliphatic rings. The smallest absolute Gasteiger partial charge is 0.397 e. The fraction of sp³-hybridized carbons (Fsp3) is 0.118. The third-order valence-corrected chi connectivity index (χ3v) is 3.38. The van der Waals surface area contributed by atoms with Gasteiger partial charge in [0, 0.05) is 11.1 Å². The number of phenolic OH excluding ortho intramolecular Hbond substituents is 1. The second-order valence-corrected chi connectivity index (χ2v) is 5.29. The summed E-state index contributed by atoms with van der Waals surface area (Å²) in [5.74, 6) is -0.312. The normalized spacial score (nSPS) is 10.5. The Bertz CT molecular complexity index is 910. The molecule has 2 aromatic carbocycles. The molecule has 0 amide bonds. The number of aromatic hydroxyl groups is 1. The average molecular weight is 361 g/mol. The van der Waals surface area contributed by atoms with E-state index in [1.54, 1.807) is 37.3 Å². The van der Waals surface area contributed by atoms with E-state index in [4.69, 9.17) is 25.6 Å². The van der Waals surface area contributed by atoms with Crippen LogP contribution in [0.15, 0.2) is 47.0 Å². The molecule has 3 rings (SSSR count). The maximum atomic E-state index is 11.6. The van der Waals surface area contributed by atoms with Gasteiger partial charge in [-0.05, 0) is 31.2 Å². The van der Waals surface area contributed by atoms with Crippen LogP contribution in [-0.2, 0) is 4.74 Å². The van der Waals surface area contributed by atoms with Crippen molar-refractivity contribution in [3.05, 3.63) is 53.4 Å². The van der Waals surface area contributed by atoms with Gasteiger partial charge in [-0.25, -0.2) is 4.79 Å². The lowest BCUT2D eigenvalue weighted by atomic mass is 10.2. The monoisotopic (exact) mass is 360 g/mol. The molecule has 0 saturated heterocycles. The van der Waals surface area contributed by atoms with Gasteiger partial charge < -0.3 is 19.1 Å². The molecule has 0 radical (unpaired) electrons. The van der Waals surface area contributed by atoms with Crippen molar-refractivity contribution in [3.8, 4) is 28.6 Å². The van der Waals surface area contributed by atoms with Crippen molar-refractivity contribution in [2.24, 2.45) is 0 Å². The van der Waals surface area contributed by atoms with Gasteiger partial charge in [0.2, 0.25) is 5.82 Å². The number of hydrogen-bond donors (Lipinski definition) is 1. The van der Waals surface area contributed by atoms with Crippen LogP contribution in [0.25, 0.3) is 11.4 Å². The average Bonchev–Trinajstić information content (AvgIpc) is 3.08. The Morgan fingerprint density at radius 3 is 2.80 bits per heavy atom. The van der Waals surface area contributed by atoms with Crippen LogP contribution in [0.5, 0.6) is 17.2 Å². The third-order valence-electron chi connectivity index (χ3n) is 3.14. The van der Waals surface area contributed by atoms with Crippen molar-refractivity contribution in [3.63, 3.8) is 0 Å². The minimum Gasteiger partial charge on any atom is -0.504 e. The molecule has 3 aromatic rings. The molecule has 0 saturated carbocycles. The summed E-state index contributed by atoms with van der Waals surface area (Å²) in [5.41, 5.74) is 0.483. The second-order valence-electron chi connectivity index (χ2n) is 4.85. The van der Waals surface area contributed by atoms with Crippen molar-refractivity contribution < 1.29 is 23.9 Å². The van der Waals surface area contributed by atoms with E-state index in [0.29, 0.717) is 16.3 Å². The van der Waals surface area contributed by atoms with E-state index in [1.165, 1.54) is 12.1 Å². The van der Waals surface area contributed by atoms with Crippen LogP contribution >= 0.6 is 11.6 Å². The number of hydrogen-bond acceptors (Lipinski definition) is 7. The molecular formula is C17H13ClN2O5. The SMILES string of the molecule is CCOC(=O)c1nc(-c2ccccc2Oc2ccc(Cl)cc2O)no1. The highest BCUT2D eigenvalue weighted by atomic mass is 35.5. The molecule has 1 N–H and O–H groups in total. The van der Waals surface area contributed by atoms with Crippen molar-refractivity contribution in [2.45, 2.75) is 6.92 Å². The van der Waals surface area contributed by atoms with E-state index in [1.807, 2.05) is 0 Å². The quantitative estimate of drug-likeness (QED) is 0.685. The number of aromatic nitrogens is 2. The molecule has 0 aliphatic carbocycles. The first-order chi connectivity index (χ1) is 12.1. The van der Waals surface area contributed by atoms with Crippen LogP contribution in [0.1, 0.15) is 17.6 Å². The number of para-hydroxylation sites is 1. The van der Waals surface area contributed by atoms with Gasteiger partial charge in [-0.2, -0.15) is 4.98 Å². The number of nitrogens with zero attached hydrogens (tertiary/aromatic N) is 2.